The van der Waals surface area contributed by atoms with Crippen LogP contribution in [0.3, 0.4) is 0 Å². The van der Waals surface area contributed by atoms with Gasteiger partial charge in [-0.15, -0.1) is 32.9 Å². The van der Waals surface area contributed by atoms with E-state index in [-0.39, 0.29) is 37.2 Å². The average Bonchev–Trinajstić information content (AvgIpc) is 4.08. The molecule has 4 atom stereocenters. The molecule has 0 aliphatic carbocycles. The molecule has 1 fully saturated rings. The van der Waals surface area contributed by atoms with E-state index in [0.29, 0.717) is 22.9 Å². The van der Waals surface area contributed by atoms with Gasteiger partial charge in [0.25, 0.3) is 5.91 Å². The number of nitrogens with one attached hydrogen (secondary N) is 2. The summed E-state index contributed by atoms with van der Waals surface area (Å²) in [6, 6.07) is 19.9. The van der Waals surface area contributed by atoms with Crippen LogP contribution >= 0.6 is 22.7 Å². The highest BCUT2D eigenvalue weighted by atomic mass is 32.1. The number of hydrogen-bond acceptors (Lipinski definition) is 13. The number of carboxylic acid groups (broad SMARTS) is 1. The number of thiophene rings is 1. The highest BCUT2D eigenvalue weighted by Gasteiger charge is 2.44. The van der Waals surface area contributed by atoms with Crippen LogP contribution in [0.4, 0.5) is 0 Å². The zero-order valence-corrected chi connectivity index (χ0v) is 40.3. The number of nitrogens with zero attached hydrogens (tertiary/aromatic N) is 7. The Labute approximate surface area is 401 Å². The summed E-state index contributed by atoms with van der Waals surface area (Å²) in [4.78, 5) is 66.0. The maximum Gasteiger partial charge on any atom is 0.306 e. The van der Waals surface area contributed by atoms with Crippen molar-refractivity contribution in [1.29, 1.82) is 5.26 Å². The van der Waals surface area contributed by atoms with Gasteiger partial charge in [0.05, 0.1) is 39.9 Å². The van der Waals surface area contributed by atoms with E-state index in [1.807, 2.05) is 80.8 Å². The molecule has 0 radical (unpaired) electrons. The zero-order valence-electron chi connectivity index (χ0n) is 38.7. The first-order valence-electron chi connectivity index (χ1n) is 22.1. The molecule has 350 valence electrons. The second-order valence-electron chi connectivity index (χ2n) is 18.1. The van der Waals surface area contributed by atoms with Crippen LogP contribution in [0.1, 0.15) is 89.7 Å². The fourth-order valence-electron chi connectivity index (χ4n) is 8.56. The lowest BCUT2D eigenvalue weighted by atomic mass is 9.85. The molecule has 0 spiro atoms. The number of β-amino-alcohol motifs (C(OH)–C–C–N with tert-alkyl or cyclic N) is 1. The summed E-state index contributed by atoms with van der Waals surface area (Å²) in [5, 5.41) is 45.8. The van der Waals surface area contributed by atoms with Gasteiger partial charge >= 0.3 is 5.97 Å². The number of carbonyl (C=O) groups is 4. The number of amides is 3. The monoisotopic (exact) mass is 953 g/mol. The van der Waals surface area contributed by atoms with Crippen molar-refractivity contribution in [2.45, 2.75) is 92.1 Å². The number of ether oxygens (including phenoxy) is 1. The molecule has 1 saturated heterocycles. The number of aliphatic hydroxyl groups is 1. The lowest BCUT2D eigenvalue weighted by Crippen LogP contribution is -2.58. The maximum absolute atomic E-state index is 14.2. The number of aryl methyl sites for hydroxylation is 3. The molecular formula is C50H51N9O7S2. The summed E-state index contributed by atoms with van der Waals surface area (Å²) in [7, 11) is 0. The Morgan fingerprint density at radius 2 is 1.65 bits per heavy atom. The van der Waals surface area contributed by atoms with Gasteiger partial charge < -0.3 is 30.5 Å². The van der Waals surface area contributed by atoms with E-state index >= 15 is 0 Å². The topological polar surface area (TPSA) is 225 Å². The van der Waals surface area contributed by atoms with Crippen LogP contribution < -0.4 is 15.4 Å². The number of aliphatic hydroxyl groups excluding tert-OH is 1. The van der Waals surface area contributed by atoms with E-state index < -0.39 is 59.9 Å². The molecule has 0 bridgehead atoms. The van der Waals surface area contributed by atoms with E-state index in [4.69, 9.17) is 9.73 Å². The largest absolute Gasteiger partial charge is 0.482 e. The minimum atomic E-state index is -1.07. The molecule has 68 heavy (non-hydrogen) atoms. The van der Waals surface area contributed by atoms with Gasteiger partial charge in [-0.1, -0.05) is 75.4 Å². The molecule has 2 aliphatic heterocycles. The predicted molar refractivity (Wildman–Crippen MR) is 258 cm³/mol. The summed E-state index contributed by atoms with van der Waals surface area (Å²) < 4.78 is 7.78. The molecule has 3 aromatic carbocycles. The van der Waals surface area contributed by atoms with Crippen molar-refractivity contribution < 1.29 is 34.1 Å². The Morgan fingerprint density at radius 3 is 2.31 bits per heavy atom. The number of aliphatic carboxylic acids is 1. The van der Waals surface area contributed by atoms with Gasteiger partial charge in [0.1, 0.15) is 40.8 Å². The number of likely N-dealkylation sites (tertiary alicyclic amines) is 1. The van der Waals surface area contributed by atoms with Crippen molar-refractivity contribution in [3.8, 4) is 38.4 Å². The number of fused-ring (bicyclic) bond motifs is 3. The molecule has 8 rings (SSSR count). The fraction of sp³-hybridized carbons (Fsp3) is 0.340. The zero-order chi connectivity index (χ0) is 48.6. The van der Waals surface area contributed by atoms with Crippen LogP contribution in [-0.2, 0) is 25.7 Å². The number of aliphatic imine (C=N–C) groups is 1. The van der Waals surface area contributed by atoms with Gasteiger partial charge in [0.15, 0.2) is 12.4 Å². The number of aromatic nitrogens is 4. The summed E-state index contributed by atoms with van der Waals surface area (Å²) in [5.74, 6) is -1.25. The summed E-state index contributed by atoms with van der Waals surface area (Å²) in [5.41, 5.74) is 8.90. The summed E-state index contributed by atoms with van der Waals surface area (Å²) in [6.45, 7) is 12.9. The second kappa shape index (κ2) is 19.3. The molecular weight excluding hydrogens is 903 g/mol. The number of benzene rings is 3. The van der Waals surface area contributed by atoms with Crippen molar-refractivity contribution in [3.05, 3.63) is 122 Å². The van der Waals surface area contributed by atoms with Gasteiger partial charge in [-0.25, -0.2) is 4.98 Å². The van der Waals surface area contributed by atoms with Crippen LogP contribution in [0.25, 0.3) is 26.6 Å². The van der Waals surface area contributed by atoms with Gasteiger partial charge in [-0.3, -0.25) is 28.7 Å². The van der Waals surface area contributed by atoms with E-state index in [2.05, 4.69) is 31.9 Å². The van der Waals surface area contributed by atoms with Crippen LogP contribution in [0.2, 0.25) is 0 Å². The third-order valence-corrected chi connectivity index (χ3v) is 14.4. The molecule has 2 aliphatic rings. The first kappa shape index (κ1) is 47.4. The first-order valence-corrected chi connectivity index (χ1v) is 23.8. The molecule has 3 amide bonds. The average molecular weight is 954 g/mol. The predicted octanol–water partition coefficient (Wildman–Crippen LogP) is 6.78. The van der Waals surface area contributed by atoms with Gasteiger partial charge in [-0.2, -0.15) is 5.26 Å². The van der Waals surface area contributed by atoms with Crippen molar-refractivity contribution in [3.63, 3.8) is 0 Å². The molecule has 3 aromatic heterocycles. The number of carbonyl (C=O) groups excluding carboxylic acids is 3. The molecule has 18 heteroatoms. The Hall–Kier alpha value is -7.07. The van der Waals surface area contributed by atoms with E-state index in [1.54, 1.807) is 67.2 Å². The van der Waals surface area contributed by atoms with Crippen LogP contribution in [0.5, 0.6) is 5.75 Å². The number of nitriles is 1. The van der Waals surface area contributed by atoms with Crippen LogP contribution in [0.15, 0.2) is 77.2 Å². The van der Waals surface area contributed by atoms with Crippen LogP contribution in [0, 0.1) is 44.4 Å². The molecule has 6 aromatic rings. The van der Waals surface area contributed by atoms with Crippen molar-refractivity contribution in [2.75, 3.05) is 13.2 Å². The lowest BCUT2D eigenvalue weighted by molar-refractivity contribution is -0.144. The third kappa shape index (κ3) is 9.68. The van der Waals surface area contributed by atoms with Crippen molar-refractivity contribution in [2.24, 2.45) is 10.4 Å². The highest BCUT2D eigenvalue weighted by Crippen LogP contribution is 2.40. The summed E-state index contributed by atoms with van der Waals surface area (Å²) in [6.07, 6.45) is -1.13. The normalized spacial score (nSPS) is 17.0. The molecule has 0 unspecified atom stereocenters. The molecule has 0 saturated carbocycles. The fourth-order valence-corrected chi connectivity index (χ4v) is 10.6. The Balaban J connectivity index is 0.926. The Kier molecular flexibility index (Phi) is 13.4. The van der Waals surface area contributed by atoms with Gasteiger partial charge in [0.2, 0.25) is 11.8 Å². The third-order valence-electron chi connectivity index (χ3n) is 12.3. The quantitative estimate of drug-likeness (QED) is 0.0944. The van der Waals surface area contributed by atoms with Gasteiger partial charge in [0, 0.05) is 35.5 Å². The molecule has 5 heterocycles. The Bertz CT molecular complexity index is 3000. The Morgan fingerprint density at radius 1 is 0.956 bits per heavy atom. The smallest absolute Gasteiger partial charge is 0.306 e. The SMILES string of the molecule is Cc1ncsc1-c1ccc(CNC(=O)[C@@H]2C[C@@H](O)CN2C(=O)[C@@H](NC(=O)COc2ccc(-c3ccc(C4=N[C@@H](CC(=O)O)c5nnc(C)n5-c5sc(C)c(C)c54)cc3)cc2C#N)C(C)(C)C)cc1. The van der Waals surface area contributed by atoms with Gasteiger partial charge in [-0.05, 0) is 73.1 Å². The number of hydrogen-bond donors (Lipinski definition) is 4. The van der Waals surface area contributed by atoms with Crippen LogP contribution in [-0.4, -0.2) is 95.6 Å². The molecule has 4 N–H and O–H groups in total. The lowest BCUT2D eigenvalue weighted by Gasteiger charge is -2.35. The van der Waals surface area contributed by atoms with Crippen molar-refractivity contribution in [1.82, 2.24) is 35.3 Å². The number of thiazole rings is 1. The van der Waals surface area contributed by atoms with E-state index in [0.717, 1.165) is 53.8 Å². The van der Waals surface area contributed by atoms with Crippen molar-refractivity contribution >= 4 is 52.1 Å². The maximum atomic E-state index is 14.2. The summed E-state index contributed by atoms with van der Waals surface area (Å²) >= 11 is 3.14. The minimum absolute atomic E-state index is 0.0526. The number of carboxylic acids is 1. The highest BCUT2D eigenvalue weighted by molar-refractivity contribution is 7.15. The van der Waals surface area contributed by atoms with E-state index in [9.17, 15) is 34.7 Å². The standard InChI is InChI=1S/C50H51N9O7S2/c1-26-28(3)68-49-42(26)43(54-37(20-41(62)63)46-57-56-29(4)59(46)49)32-14-12-31(13-15-32)34-16-17-39(35(18-34)21-51)66-24-40(61)55-45(50(5,6)7)48(65)58-23-36(60)19-38(58)47(64)52-22-30-8-10-33(11-9-30)44-27(2)53-25-67-44/h8-18,25,36-38,45,60H,19-20,22-24H2,1-7H3,(H,52,64)(H,55,61)(H,62,63)/t36-,37+,38+,45-/m1/s1. The molecule has 16 nitrogen and oxygen atoms in total. The first-order chi connectivity index (χ1) is 32.4. The second-order valence-corrected chi connectivity index (χ2v) is 20.2. The number of rotatable bonds is 13. The minimum Gasteiger partial charge on any atom is -0.482 e. The van der Waals surface area contributed by atoms with E-state index in [1.165, 1.54) is 4.90 Å².